The minimum atomic E-state index is 0.602. The Morgan fingerprint density at radius 1 is 1.35 bits per heavy atom. The van der Waals surface area contributed by atoms with Gasteiger partial charge in [0.15, 0.2) is 0 Å². The first-order valence-corrected chi connectivity index (χ1v) is 6.65. The summed E-state index contributed by atoms with van der Waals surface area (Å²) < 4.78 is 0. The zero-order valence-electron chi connectivity index (χ0n) is 10.9. The largest absolute Gasteiger partial charge is 0.384 e. The predicted octanol–water partition coefficient (Wildman–Crippen LogP) is 3.07. The zero-order valence-corrected chi connectivity index (χ0v) is 10.9. The molecule has 1 aliphatic rings. The average Bonchev–Trinajstić information content (AvgIpc) is 2.80. The monoisotopic (exact) mass is 233 g/mol. The van der Waals surface area contributed by atoms with Crippen molar-refractivity contribution in [3.63, 3.8) is 0 Å². The quantitative estimate of drug-likeness (QED) is 0.869. The number of anilines is 2. The highest BCUT2D eigenvalue weighted by molar-refractivity contribution is 5.49. The lowest BCUT2D eigenvalue weighted by atomic mass is 10.1. The third-order valence-corrected chi connectivity index (χ3v) is 3.43. The fraction of sp³-hybridized carbons (Fsp3) is 0.643. The van der Waals surface area contributed by atoms with Crippen LogP contribution in [0.15, 0.2) is 18.3 Å². The number of hydrogen-bond donors (Lipinski definition) is 1. The molecule has 2 N–H and O–H groups in total. The SMILES string of the molecule is CC(C)CN(c1ccc(N)nc1)C1CCCC1. The first kappa shape index (κ1) is 12.2. The van der Waals surface area contributed by atoms with Gasteiger partial charge in [0.05, 0.1) is 11.9 Å². The van der Waals surface area contributed by atoms with Crippen LogP contribution in [-0.4, -0.2) is 17.6 Å². The summed E-state index contributed by atoms with van der Waals surface area (Å²) in [5.41, 5.74) is 6.87. The highest BCUT2D eigenvalue weighted by Gasteiger charge is 2.23. The van der Waals surface area contributed by atoms with Gasteiger partial charge in [0, 0.05) is 12.6 Å². The van der Waals surface area contributed by atoms with E-state index >= 15 is 0 Å². The van der Waals surface area contributed by atoms with Crippen LogP contribution >= 0.6 is 0 Å². The summed E-state index contributed by atoms with van der Waals surface area (Å²) in [7, 11) is 0. The molecule has 2 rings (SSSR count). The Balaban J connectivity index is 2.16. The van der Waals surface area contributed by atoms with Crippen LogP contribution in [0, 0.1) is 5.92 Å². The number of nitrogens with zero attached hydrogens (tertiary/aromatic N) is 2. The fourth-order valence-electron chi connectivity index (χ4n) is 2.64. The van der Waals surface area contributed by atoms with Gasteiger partial charge < -0.3 is 10.6 Å². The molecular formula is C14H23N3. The molecule has 0 amide bonds. The van der Waals surface area contributed by atoms with Crippen LogP contribution in [0.5, 0.6) is 0 Å². The summed E-state index contributed by atoms with van der Waals surface area (Å²) in [6.07, 6.45) is 7.27. The van der Waals surface area contributed by atoms with Gasteiger partial charge in [-0.25, -0.2) is 4.98 Å². The molecule has 1 heterocycles. The van der Waals surface area contributed by atoms with Gasteiger partial charge in [-0.1, -0.05) is 26.7 Å². The molecule has 94 valence electrons. The molecule has 1 aromatic rings. The molecule has 0 atom stereocenters. The molecule has 3 heteroatoms. The first-order chi connectivity index (χ1) is 8.16. The summed E-state index contributed by atoms with van der Waals surface area (Å²) in [6, 6.07) is 4.70. The van der Waals surface area contributed by atoms with Gasteiger partial charge in [-0.05, 0) is 30.9 Å². The highest BCUT2D eigenvalue weighted by Crippen LogP contribution is 2.28. The molecule has 3 nitrogen and oxygen atoms in total. The molecule has 1 fully saturated rings. The topological polar surface area (TPSA) is 42.1 Å². The molecule has 17 heavy (non-hydrogen) atoms. The molecule has 0 aromatic carbocycles. The van der Waals surface area contributed by atoms with Crippen molar-refractivity contribution in [2.24, 2.45) is 5.92 Å². The van der Waals surface area contributed by atoms with Crippen LogP contribution < -0.4 is 10.6 Å². The van der Waals surface area contributed by atoms with Gasteiger partial charge in [0.2, 0.25) is 0 Å². The van der Waals surface area contributed by atoms with Gasteiger partial charge in [-0.15, -0.1) is 0 Å². The van der Waals surface area contributed by atoms with Crippen LogP contribution in [-0.2, 0) is 0 Å². The van der Waals surface area contributed by atoms with E-state index in [1.165, 1.54) is 31.4 Å². The molecule has 0 aliphatic heterocycles. The summed E-state index contributed by atoms with van der Waals surface area (Å²) in [5.74, 6) is 1.28. The predicted molar refractivity (Wildman–Crippen MR) is 73.1 cm³/mol. The van der Waals surface area contributed by atoms with Crippen molar-refractivity contribution >= 4 is 11.5 Å². The Hall–Kier alpha value is -1.25. The summed E-state index contributed by atoms with van der Waals surface area (Å²) in [4.78, 5) is 6.73. The lowest BCUT2D eigenvalue weighted by molar-refractivity contribution is 0.535. The molecule has 0 saturated heterocycles. The van der Waals surface area contributed by atoms with E-state index in [9.17, 15) is 0 Å². The molecule has 1 aliphatic carbocycles. The van der Waals surface area contributed by atoms with E-state index in [1.807, 2.05) is 12.3 Å². The van der Waals surface area contributed by atoms with Gasteiger partial charge in [-0.3, -0.25) is 0 Å². The Morgan fingerprint density at radius 2 is 2.06 bits per heavy atom. The Kier molecular flexibility index (Phi) is 3.87. The van der Waals surface area contributed by atoms with E-state index in [4.69, 9.17) is 5.73 Å². The van der Waals surface area contributed by atoms with Crippen molar-refractivity contribution in [2.45, 2.75) is 45.6 Å². The average molecular weight is 233 g/mol. The number of rotatable bonds is 4. The minimum Gasteiger partial charge on any atom is -0.384 e. The number of pyridine rings is 1. The zero-order chi connectivity index (χ0) is 12.3. The molecule has 0 unspecified atom stereocenters. The van der Waals surface area contributed by atoms with E-state index in [2.05, 4.69) is 29.8 Å². The number of nitrogens with two attached hydrogens (primary N) is 1. The van der Waals surface area contributed by atoms with E-state index in [-0.39, 0.29) is 0 Å². The molecule has 0 radical (unpaired) electrons. The van der Waals surface area contributed by atoms with E-state index in [0.29, 0.717) is 17.8 Å². The van der Waals surface area contributed by atoms with E-state index in [1.54, 1.807) is 0 Å². The fourth-order valence-corrected chi connectivity index (χ4v) is 2.64. The van der Waals surface area contributed by atoms with Crippen LogP contribution in [0.3, 0.4) is 0 Å². The first-order valence-electron chi connectivity index (χ1n) is 6.65. The number of nitrogen functional groups attached to an aromatic ring is 1. The van der Waals surface area contributed by atoms with Crippen molar-refractivity contribution < 1.29 is 0 Å². The Bertz CT molecular complexity index is 339. The molecule has 1 saturated carbocycles. The standard InChI is InChI=1S/C14H23N3/c1-11(2)10-17(12-5-3-4-6-12)13-7-8-14(15)16-9-13/h7-9,11-12H,3-6,10H2,1-2H3,(H2,15,16). The van der Waals surface area contributed by atoms with E-state index < -0.39 is 0 Å². The van der Waals surface area contributed by atoms with Crippen LogP contribution in [0.4, 0.5) is 11.5 Å². The molecular weight excluding hydrogens is 210 g/mol. The van der Waals surface area contributed by atoms with Crippen molar-refractivity contribution in [1.29, 1.82) is 0 Å². The van der Waals surface area contributed by atoms with Gasteiger partial charge in [0.25, 0.3) is 0 Å². The van der Waals surface area contributed by atoms with Crippen molar-refractivity contribution in [3.05, 3.63) is 18.3 Å². The molecule has 1 aromatic heterocycles. The third-order valence-electron chi connectivity index (χ3n) is 3.43. The summed E-state index contributed by atoms with van der Waals surface area (Å²) >= 11 is 0. The summed E-state index contributed by atoms with van der Waals surface area (Å²) in [6.45, 7) is 5.65. The smallest absolute Gasteiger partial charge is 0.123 e. The lowest BCUT2D eigenvalue weighted by Crippen LogP contribution is -2.36. The second-order valence-electron chi connectivity index (χ2n) is 5.43. The Labute approximate surface area is 104 Å². The Morgan fingerprint density at radius 3 is 2.59 bits per heavy atom. The van der Waals surface area contributed by atoms with Crippen LogP contribution in [0.1, 0.15) is 39.5 Å². The van der Waals surface area contributed by atoms with Crippen LogP contribution in [0.2, 0.25) is 0 Å². The maximum absolute atomic E-state index is 5.65. The van der Waals surface area contributed by atoms with E-state index in [0.717, 1.165) is 6.54 Å². The maximum Gasteiger partial charge on any atom is 0.123 e. The van der Waals surface area contributed by atoms with Gasteiger partial charge in [-0.2, -0.15) is 0 Å². The highest BCUT2D eigenvalue weighted by atomic mass is 15.2. The summed E-state index contributed by atoms with van der Waals surface area (Å²) in [5, 5.41) is 0. The second kappa shape index (κ2) is 5.39. The lowest BCUT2D eigenvalue weighted by Gasteiger charge is -2.32. The maximum atomic E-state index is 5.65. The second-order valence-corrected chi connectivity index (χ2v) is 5.43. The number of aromatic nitrogens is 1. The van der Waals surface area contributed by atoms with Crippen LogP contribution in [0.25, 0.3) is 0 Å². The van der Waals surface area contributed by atoms with Crippen molar-refractivity contribution in [1.82, 2.24) is 4.98 Å². The molecule has 0 bridgehead atoms. The third kappa shape index (κ3) is 3.11. The van der Waals surface area contributed by atoms with Gasteiger partial charge in [0.1, 0.15) is 5.82 Å². The minimum absolute atomic E-state index is 0.602. The van der Waals surface area contributed by atoms with Gasteiger partial charge >= 0.3 is 0 Å². The normalized spacial score (nSPS) is 16.6. The number of hydrogen-bond acceptors (Lipinski definition) is 3. The molecule has 0 spiro atoms. The van der Waals surface area contributed by atoms with Crippen molar-refractivity contribution in [2.75, 3.05) is 17.2 Å². The van der Waals surface area contributed by atoms with Crippen molar-refractivity contribution in [3.8, 4) is 0 Å².